The van der Waals surface area contributed by atoms with Gasteiger partial charge in [0, 0.05) is 42.6 Å². The highest BCUT2D eigenvalue weighted by Gasteiger charge is 2.43. The van der Waals surface area contributed by atoms with Crippen molar-refractivity contribution in [1.29, 1.82) is 0 Å². The van der Waals surface area contributed by atoms with Crippen LogP contribution >= 0.6 is 27.5 Å². The van der Waals surface area contributed by atoms with E-state index in [0.717, 1.165) is 65.6 Å². The van der Waals surface area contributed by atoms with Gasteiger partial charge in [0.25, 0.3) is 0 Å². The van der Waals surface area contributed by atoms with Gasteiger partial charge in [-0.05, 0) is 77.6 Å². The smallest absolute Gasteiger partial charge is 0.225 e. The molecule has 2 unspecified atom stereocenters. The van der Waals surface area contributed by atoms with Crippen molar-refractivity contribution in [2.45, 2.75) is 32.3 Å². The largest absolute Gasteiger partial charge is 0.494 e. The van der Waals surface area contributed by atoms with Crippen molar-refractivity contribution in [2.24, 2.45) is 17.8 Å². The van der Waals surface area contributed by atoms with Gasteiger partial charge in [-0.25, -0.2) is 9.97 Å². The number of methoxy groups -OCH3 is 1. The minimum atomic E-state index is 0.560. The molecule has 1 saturated heterocycles. The molecule has 2 atom stereocenters. The van der Waals surface area contributed by atoms with Gasteiger partial charge in [0.1, 0.15) is 5.75 Å². The number of halogens is 2. The predicted octanol–water partition coefficient (Wildman–Crippen LogP) is 5.36. The van der Waals surface area contributed by atoms with Crippen LogP contribution in [0, 0.1) is 17.8 Å². The molecule has 1 saturated carbocycles. The highest BCUT2D eigenvalue weighted by molar-refractivity contribution is 9.10. The van der Waals surface area contributed by atoms with Gasteiger partial charge in [-0.15, -0.1) is 0 Å². The quantitative estimate of drug-likeness (QED) is 0.509. The van der Waals surface area contributed by atoms with Crippen LogP contribution in [0.2, 0.25) is 5.02 Å². The normalized spacial score (nSPS) is 22.0. The third-order valence-electron chi connectivity index (χ3n) is 6.06. The van der Waals surface area contributed by atoms with Gasteiger partial charge in [0.15, 0.2) is 0 Å². The minimum Gasteiger partial charge on any atom is -0.494 e. The summed E-state index contributed by atoms with van der Waals surface area (Å²) in [5.74, 6) is 4.19. The molecule has 7 heteroatoms. The van der Waals surface area contributed by atoms with Gasteiger partial charge in [0.05, 0.1) is 18.2 Å². The van der Waals surface area contributed by atoms with Crippen molar-refractivity contribution >= 4 is 33.5 Å². The van der Waals surface area contributed by atoms with E-state index < -0.39 is 0 Å². The van der Waals surface area contributed by atoms with Gasteiger partial charge in [-0.3, -0.25) is 0 Å². The number of anilines is 1. The van der Waals surface area contributed by atoms with Crippen molar-refractivity contribution in [2.75, 3.05) is 31.7 Å². The van der Waals surface area contributed by atoms with Crippen LogP contribution in [0.15, 0.2) is 35.1 Å². The second-order valence-corrected chi connectivity index (χ2v) is 9.28. The Balaban J connectivity index is 1.18. The van der Waals surface area contributed by atoms with E-state index >= 15 is 0 Å². The van der Waals surface area contributed by atoms with E-state index in [-0.39, 0.29) is 0 Å². The Labute approximate surface area is 185 Å². The van der Waals surface area contributed by atoms with Crippen LogP contribution in [0.3, 0.4) is 0 Å². The van der Waals surface area contributed by atoms with E-state index in [1.165, 1.54) is 19.3 Å². The maximum absolute atomic E-state index is 6.12. The third-order valence-corrected chi connectivity index (χ3v) is 7.29. The summed E-state index contributed by atoms with van der Waals surface area (Å²) in [5.41, 5.74) is 1.01. The highest BCUT2D eigenvalue weighted by Crippen LogP contribution is 2.49. The zero-order valence-electron chi connectivity index (χ0n) is 16.7. The summed E-state index contributed by atoms with van der Waals surface area (Å²) in [6, 6.07) is 5.76. The van der Waals surface area contributed by atoms with Gasteiger partial charge in [-0.2, -0.15) is 0 Å². The molecule has 2 fully saturated rings. The molecular formula is C22H27BrClN3O2. The molecule has 0 bridgehead atoms. The lowest BCUT2D eigenvalue weighted by molar-refractivity contribution is 0.184. The molecule has 1 aliphatic carbocycles. The first-order chi connectivity index (χ1) is 14.1. The third kappa shape index (κ3) is 5.41. The average molecular weight is 481 g/mol. The van der Waals surface area contributed by atoms with E-state index in [9.17, 15) is 0 Å². The fourth-order valence-electron chi connectivity index (χ4n) is 4.36. The molecule has 1 aromatic carbocycles. The number of ether oxygens (including phenoxy) is 2. The first-order valence-corrected chi connectivity index (χ1v) is 11.4. The van der Waals surface area contributed by atoms with Crippen molar-refractivity contribution < 1.29 is 9.47 Å². The SMILES string of the molecule is COCc1cnc(N2CCC(C3CC3CCOc3ccc(Br)c(Cl)c3)CC2)nc1. The van der Waals surface area contributed by atoms with Gasteiger partial charge in [0.2, 0.25) is 5.95 Å². The number of hydrogen-bond acceptors (Lipinski definition) is 5. The van der Waals surface area contributed by atoms with E-state index in [2.05, 4.69) is 30.8 Å². The summed E-state index contributed by atoms with van der Waals surface area (Å²) in [6.07, 6.45) is 8.67. The summed E-state index contributed by atoms with van der Waals surface area (Å²) >= 11 is 9.53. The lowest BCUT2D eigenvalue weighted by atomic mass is 9.90. The van der Waals surface area contributed by atoms with E-state index in [1.54, 1.807) is 7.11 Å². The standard InChI is InChI=1S/C22H27BrClN3O2/c1-28-14-15-12-25-22(26-13-15)27-7-4-16(5-8-27)19-10-17(19)6-9-29-18-2-3-20(23)21(24)11-18/h2-3,11-13,16-17,19H,4-10,14H2,1H3. The van der Waals surface area contributed by atoms with Crippen LogP contribution in [0.1, 0.15) is 31.2 Å². The molecule has 5 nitrogen and oxygen atoms in total. The summed E-state index contributed by atoms with van der Waals surface area (Å²) in [7, 11) is 1.69. The number of benzene rings is 1. The summed E-state index contributed by atoms with van der Waals surface area (Å²) in [6.45, 7) is 3.42. The van der Waals surface area contributed by atoms with Crippen LogP contribution in [-0.4, -0.2) is 36.8 Å². The van der Waals surface area contributed by atoms with Crippen LogP contribution in [0.5, 0.6) is 5.75 Å². The fourth-order valence-corrected chi connectivity index (χ4v) is 4.77. The molecular weight excluding hydrogens is 454 g/mol. The Kier molecular flexibility index (Phi) is 6.93. The molecule has 29 heavy (non-hydrogen) atoms. The van der Waals surface area contributed by atoms with Crippen molar-refractivity contribution in [3.05, 3.63) is 45.7 Å². The van der Waals surface area contributed by atoms with Gasteiger partial charge in [-0.1, -0.05) is 11.6 Å². The molecule has 0 N–H and O–H groups in total. The number of hydrogen-bond donors (Lipinski definition) is 0. The Bertz CT molecular complexity index is 812. The molecule has 0 amide bonds. The molecule has 1 aromatic heterocycles. The van der Waals surface area contributed by atoms with Crippen molar-refractivity contribution in [3.63, 3.8) is 0 Å². The second-order valence-electron chi connectivity index (χ2n) is 8.02. The maximum atomic E-state index is 6.12. The first kappa shape index (κ1) is 20.9. The molecule has 4 rings (SSSR count). The highest BCUT2D eigenvalue weighted by atomic mass is 79.9. The number of piperidine rings is 1. The van der Waals surface area contributed by atoms with Gasteiger partial charge < -0.3 is 14.4 Å². The van der Waals surface area contributed by atoms with Crippen molar-refractivity contribution in [3.8, 4) is 5.75 Å². The number of aromatic nitrogens is 2. The van der Waals surface area contributed by atoms with Crippen molar-refractivity contribution in [1.82, 2.24) is 9.97 Å². The molecule has 0 spiro atoms. The molecule has 0 radical (unpaired) electrons. The Morgan fingerprint density at radius 1 is 1.21 bits per heavy atom. The Morgan fingerprint density at radius 3 is 2.66 bits per heavy atom. The first-order valence-electron chi connectivity index (χ1n) is 10.3. The minimum absolute atomic E-state index is 0.560. The topological polar surface area (TPSA) is 47.5 Å². The Morgan fingerprint density at radius 2 is 1.97 bits per heavy atom. The van der Waals surface area contributed by atoms with Gasteiger partial charge >= 0.3 is 0 Å². The number of nitrogens with zero attached hydrogens (tertiary/aromatic N) is 3. The van der Waals surface area contributed by atoms with Crippen LogP contribution in [0.4, 0.5) is 5.95 Å². The zero-order chi connectivity index (χ0) is 20.2. The molecule has 2 aliphatic rings. The fraction of sp³-hybridized carbons (Fsp3) is 0.545. The summed E-state index contributed by atoms with van der Waals surface area (Å²) < 4.78 is 11.9. The maximum Gasteiger partial charge on any atom is 0.225 e. The van der Waals surface area contributed by atoms with Crippen LogP contribution in [0.25, 0.3) is 0 Å². The molecule has 1 aliphatic heterocycles. The molecule has 2 aromatic rings. The number of rotatable bonds is 8. The molecule has 2 heterocycles. The van der Waals surface area contributed by atoms with Crippen LogP contribution < -0.4 is 9.64 Å². The summed E-state index contributed by atoms with van der Waals surface area (Å²) in [5, 5.41) is 0.691. The lowest BCUT2D eigenvalue weighted by Gasteiger charge is -2.32. The van der Waals surface area contributed by atoms with E-state index in [0.29, 0.717) is 11.6 Å². The predicted molar refractivity (Wildman–Crippen MR) is 119 cm³/mol. The average Bonchev–Trinajstić information content (AvgIpc) is 3.51. The van der Waals surface area contributed by atoms with Crippen LogP contribution in [-0.2, 0) is 11.3 Å². The zero-order valence-corrected chi connectivity index (χ0v) is 19.0. The second kappa shape index (κ2) is 9.63. The summed E-state index contributed by atoms with van der Waals surface area (Å²) in [4.78, 5) is 11.3. The Hall–Kier alpha value is -1.37. The van der Waals surface area contributed by atoms with E-state index in [4.69, 9.17) is 21.1 Å². The van der Waals surface area contributed by atoms with E-state index in [1.807, 2.05) is 30.6 Å². The monoisotopic (exact) mass is 479 g/mol. The molecule has 156 valence electrons. The lowest BCUT2D eigenvalue weighted by Crippen LogP contribution is -2.35.